The zero-order valence-electron chi connectivity index (χ0n) is 11.4. The minimum absolute atomic E-state index is 0.000751. The highest BCUT2D eigenvalue weighted by Crippen LogP contribution is 2.13. The first kappa shape index (κ1) is 13.1. The maximum Gasteiger partial charge on any atom is 0.249 e. The van der Waals surface area contributed by atoms with Crippen molar-refractivity contribution >= 4 is 16.9 Å². The van der Waals surface area contributed by atoms with Gasteiger partial charge in [0.15, 0.2) is 0 Å². The number of para-hydroxylation sites is 2. The van der Waals surface area contributed by atoms with E-state index in [1.165, 1.54) is 0 Å². The van der Waals surface area contributed by atoms with Crippen LogP contribution in [-0.4, -0.2) is 35.1 Å². The Bertz CT molecular complexity index is 555. The first-order valence-electron chi connectivity index (χ1n) is 7.16. The van der Waals surface area contributed by atoms with E-state index in [1.54, 1.807) is 0 Å². The Labute approximate surface area is 117 Å². The van der Waals surface area contributed by atoms with Gasteiger partial charge in [-0.05, 0) is 31.4 Å². The largest absolute Gasteiger partial charge is 0.368 e. The third-order valence-corrected chi connectivity index (χ3v) is 3.57. The summed E-state index contributed by atoms with van der Waals surface area (Å²) in [5, 5.41) is 2.92. The number of aromatic nitrogens is 2. The highest BCUT2D eigenvalue weighted by atomic mass is 16.5. The highest BCUT2D eigenvalue weighted by molar-refractivity contribution is 5.80. The van der Waals surface area contributed by atoms with Gasteiger partial charge in [0.2, 0.25) is 5.91 Å². The smallest absolute Gasteiger partial charge is 0.249 e. The average Bonchev–Trinajstić information content (AvgIpc) is 2.90. The van der Waals surface area contributed by atoms with Crippen molar-refractivity contribution in [2.75, 3.05) is 13.2 Å². The van der Waals surface area contributed by atoms with Gasteiger partial charge in [0.1, 0.15) is 11.9 Å². The van der Waals surface area contributed by atoms with Crippen molar-refractivity contribution < 1.29 is 9.53 Å². The van der Waals surface area contributed by atoms with Crippen LogP contribution in [0.3, 0.4) is 0 Å². The predicted molar refractivity (Wildman–Crippen MR) is 76.4 cm³/mol. The molecule has 0 spiro atoms. The molecule has 5 nitrogen and oxygen atoms in total. The maximum absolute atomic E-state index is 11.9. The number of amides is 1. The van der Waals surface area contributed by atoms with Gasteiger partial charge in [0.25, 0.3) is 0 Å². The molecule has 0 radical (unpaired) electrons. The van der Waals surface area contributed by atoms with Gasteiger partial charge in [-0.2, -0.15) is 0 Å². The SMILES string of the molecule is O=C(NCCc1nc2ccccc2[nH]1)[C@@H]1CCCCO1. The molecule has 2 aromatic rings. The molecule has 0 unspecified atom stereocenters. The van der Waals surface area contributed by atoms with Crippen molar-refractivity contribution in [2.45, 2.75) is 31.8 Å². The molecule has 2 heterocycles. The first-order valence-corrected chi connectivity index (χ1v) is 7.16. The van der Waals surface area contributed by atoms with Crippen LogP contribution in [0, 0.1) is 0 Å². The Morgan fingerprint density at radius 3 is 3.10 bits per heavy atom. The number of aromatic amines is 1. The fourth-order valence-corrected chi connectivity index (χ4v) is 2.49. The van der Waals surface area contributed by atoms with E-state index in [1.807, 2.05) is 24.3 Å². The average molecular weight is 273 g/mol. The summed E-state index contributed by atoms with van der Waals surface area (Å²) in [4.78, 5) is 19.6. The normalized spacial score (nSPS) is 19.1. The Kier molecular flexibility index (Phi) is 3.97. The number of carbonyl (C=O) groups excluding carboxylic acids is 1. The molecule has 1 fully saturated rings. The monoisotopic (exact) mass is 273 g/mol. The molecule has 0 saturated carbocycles. The van der Waals surface area contributed by atoms with Gasteiger partial charge in [0, 0.05) is 19.6 Å². The van der Waals surface area contributed by atoms with Gasteiger partial charge in [-0.25, -0.2) is 4.98 Å². The molecule has 1 atom stereocenters. The third kappa shape index (κ3) is 2.99. The van der Waals surface area contributed by atoms with Gasteiger partial charge in [-0.1, -0.05) is 12.1 Å². The molecule has 2 N–H and O–H groups in total. The number of H-pyrrole nitrogens is 1. The quantitative estimate of drug-likeness (QED) is 0.892. The van der Waals surface area contributed by atoms with Gasteiger partial charge >= 0.3 is 0 Å². The van der Waals surface area contributed by atoms with Crippen LogP contribution in [-0.2, 0) is 16.0 Å². The topological polar surface area (TPSA) is 67.0 Å². The number of nitrogens with one attached hydrogen (secondary N) is 2. The van der Waals surface area contributed by atoms with E-state index in [4.69, 9.17) is 4.74 Å². The number of hydrogen-bond acceptors (Lipinski definition) is 3. The summed E-state index contributed by atoms with van der Waals surface area (Å²) < 4.78 is 5.46. The summed E-state index contributed by atoms with van der Waals surface area (Å²) in [5.74, 6) is 0.900. The number of nitrogens with zero attached hydrogens (tertiary/aromatic N) is 1. The maximum atomic E-state index is 11.9. The summed E-state index contributed by atoms with van der Waals surface area (Å²) in [6, 6.07) is 7.92. The molecule has 20 heavy (non-hydrogen) atoms. The zero-order valence-corrected chi connectivity index (χ0v) is 11.4. The van der Waals surface area contributed by atoms with E-state index in [-0.39, 0.29) is 12.0 Å². The Balaban J connectivity index is 1.50. The predicted octanol–water partition coefficient (Wildman–Crippen LogP) is 1.79. The molecule has 1 saturated heterocycles. The Morgan fingerprint density at radius 1 is 1.40 bits per heavy atom. The lowest BCUT2D eigenvalue weighted by Crippen LogP contribution is -2.39. The lowest BCUT2D eigenvalue weighted by atomic mass is 10.1. The van der Waals surface area contributed by atoms with E-state index in [0.29, 0.717) is 19.6 Å². The van der Waals surface area contributed by atoms with Crippen LogP contribution in [0.15, 0.2) is 24.3 Å². The first-order chi connectivity index (χ1) is 9.83. The van der Waals surface area contributed by atoms with Crippen molar-refractivity contribution in [3.63, 3.8) is 0 Å². The Hall–Kier alpha value is -1.88. The second-order valence-electron chi connectivity index (χ2n) is 5.10. The minimum Gasteiger partial charge on any atom is -0.368 e. The summed E-state index contributed by atoms with van der Waals surface area (Å²) in [6.07, 6.45) is 3.40. The lowest BCUT2D eigenvalue weighted by Gasteiger charge is -2.21. The fraction of sp³-hybridized carbons (Fsp3) is 0.467. The second-order valence-corrected chi connectivity index (χ2v) is 5.10. The number of ether oxygens (including phenoxy) is 1. The van der Waals surface area contributed by atoms with Crippen molar-refractivity contribution in [1.82, 2.24) is 15.3 Å². The van der Waals surface area contributed by atoms with Gasteiger partial charge in [0.05, 0.1) is 11.0 Å². The molecule has 0 bridgehead atoms. The van der Waals surface area contributed by atoms with Crippen molar-refractivity contribution in [2.24, 2.45) is 0 Å². The molecule has 0 aliphatic carbocycles. The van der Waals surface area contributed by atoms with E-state index < -0.39 is 0 Å². The molecule has 1 aromatic heterocycles. The molecular formula is C15H19N3O2. The molecule has 106 valence electrons. The molecule has 5 heteroatoms. The van der Waals surface area contributed by atoms with Crippen LogP contribution in [0.2, 0.25) is 0 Å². The van der Waals surface area contributed by atoms with Crippen LogP contribution in [0.4, 0.5) is 0 Å². The van der Waals surface area contributed by atoms with E-state index in [2.05, 4.69) is 15.3 Å². The molecule has 1 aliphatic heterocycles. The highest BCUT2D eigenvalue weighted by Gasteiger charge is 2.21. The minimum atomic E-state index is -0.264. The number of fused-ring (bicyclic) bond motifs is 1. The number of rotatable bonds is 4. The number of carbonyl (C=O) groups is 1. The number of hydrogen-bond donors (Lipinski definition) is 2. The molecule has 3 rings (SSSR count). The van der Waals surface area contributed by atoms with E-state index in [9.17, 15) is 4.79 Å². The van der Waals surface area contributed by atoms with Crippen LogP contribution in [0.1, 0.15) is 25.1 Å². The molecule has 1 amide bonds. The summed E-state index contributed by atoms with van der Waals surface area (Å²) in [6.45, 7) is 1.28. The zero-order chi connectivity index (χ0) is 13.8. The second kappa shape index (κ2) is 6.05. The fourth-order valence-electron chi connectivity index (χ4n) is 2.49. The molecule has 1 aromatic carbocycles. The van der Waals surface area contributed by atoms with Gasteiger partial charge < -0.3 is 15.0 Å². The van der Waals surface area contributed by atoms with Crippen LogP contribution in [0.25, 0.3) is 11.0 Å². The van der Waals surface area contributed by atoms with Crippen LogP contribution < -0.4 is 5.32 Å². The lowest BCUT2D eigenvalue weighted by molar-refractivity contribution is -0.135. The van der Waals surface area contributed by atoms with Gasteiger partial charge in [-0.15, -0.1) is 0 Å². The molecular weight excluding hydrogens is 254 g/mol. The van der Waals surface area contributed by atoms with Gasteiger partial charge in [-0.3, -0.25) is 4.79 Å². The van der Waals surface area contributed by atoms with E-state index >= 15 is 0 Å². The third-order valence-electron chi connectivity index (χ3n) is 3.57. The summed E-state index contributed by atoms with van der Waals surface area (Å²) >= 11 is 0. The van der Waals surface area contributed by atoms with E-state index in [0.717, 1.165) is 36.1 Å². The van der Waals surface area contributed by atoms with Crippen molar-refractivity contribution in [3.8, 4) is 0 Å². The summed E-state index contributed by atoms with van der Waals surface area (Å²) in [7, 11) is 0. The van der Waals surface area contributed by atoms with Crippen molar-refractivity contribution in [1.29, 1.82) is 0 Å². The summed E-state index contributed by atoms with van der Waals surface area (Å²) in [5.41, 5.74) is 1.99. The molecule has 1 aliphatic rings. The van der Waals surface area contributed by atoms with Crippen LogP contribution in [0.5, 0.6) is 0 Å². The number of benzene rings is 1. The standard InChI is InChI=1S/C15H19N3O2/c19-15(13-7-3-4-10-20-13)16-9-8-14-17-11-5-1-2-6-12(11)18-14/h1-2,5-6,13H,3-4,7-10H2,(H,16,19)(H,17,18)/t13-/m0/s1. The Morgan fingerprint density at radius 2 is 2.30 bits per heavy atom. The number of imidazole rings is 1. The van der Waals surface area contributed by atoms with Crippen molar-refractivity contribution in [3.05, 3.63) is 30.1 Å². The van der Waals surface area contributed by atoms with Crippen LogP contribution >= 0.6 is 0 Å².